The molecule has 0 saturated carbocycles. The molecule has 270 valence electrons. The third kappa shape index (κ3) is 31.9. The van der Waals surface area contributed by atoms with Crippen LogP contribution in [0.5, 0.6) is 0 Å². The van der Waals surface area contributed by atoms with E-state index in [1.807, 2.05) is 0 Å². The summed E-state index contributed by atoms with van der Waals surface area (Å²) in [5.74, 6) is 0. The first kappa shape index (κ1) is 42.5. The Morgan fingerprint density at radius 1 is 0.467 bits per heavy atom. The molecule has 1 saturated heterocycles. The van der Waals surface area contributed by atoms with E-state index in [4.69, 9.17) is 57.2 Å². The van der Waals surface area contributed by atoms with Crippen LogP contribution in [0.15, 0.2) is 0 Å². The maximum atomic E-state index is 8.58. The minimum absolute atomic E-state index is 0.0217. The molecule has 0 aromatic heterocycles. The molecule has 1 aliphatic heterocycles. The van der Waals surface area contributed by atoms with Crippen molar-refractivity contribution in [3.05, 3.63) is 0 Å². The number of hydrogen-bond donors (Lipinski definition) is 1. The molecular weight excluding hydrogens is 588 g/mol. The lowest BCUT2D eigenvalue weighted by Gasteiger charge is -2.12. The molecule has 2 unspecified atom stereocenters. The van der Waals surface area contributed by atoms with Crippen molar-refractivity contribution < 1.29 is 57.2 Å². The van der Waals surface area contributed by atoms with Crippen molar-refractivity contribution in [1.82, 2.24) is 0 Å². The van der Waals surface area contributed by atoms with Crippen LogP contribution in [0.3, 0.4) is 0 Å². The molecule has 0 aromatic rings. The van der Waals surface area contributed by atoms with Crippen LogP contribution < -0.4 is 0 Å². The first-order chi connectivity index (χ1) is 22.4. The van der Waals surface area contributed by atoms with Crippen LogP contribution in [0.2, 0.25) is 0 Å². The zero-order chi connectivity index (χ0) is 32.1. The molecule has 0 bridgehead atoms. The molecule has 1 rings (SSSR count). The average molecular weight is 655 g/mol. The van der Waals surface area contributed by atoms with Gasteiger partial charge in [-0.1, -0.05) is 58.3 Å². The molecule has 0 radical (unpaired) electrons. The summed E-state index contributed by atoms with van der Waals surface area (Å²) in [5.41, 5.74) is 0. The van der Waals surface area contributed by atoms with Crippen LogP contribution in [0, 0.1) is 0 Å². The van der Waals surface area contributed by atoms with E-state index in [1.54, 1.807) is 0 Å². The molecule has 1 N–H and O–H groups in total. The highest BCUT2D eigenvalue weighted by Gasteiger charge is 2.25. The summed E-state index contributed by atoms with van der Waals surface area (Å²) in [5, 5.41) is 8.58. The van der Waals surface area contributed by atoms with E-state index in [2.05, 4.69) is 6.92 Å². The minimum Gasteiger partial charge on any atom is -0.394 e. The Hall–Kier alpha value is -0.480. The highest BCUT2D eigenvalue weighted by molar-refractivity contribution is 4.65. The average Bonchev–Trinajstić information content (AvgIpc) is 3.51. The maximum Gasteiger partial charge on any atom is 0.158 e. The van der Waals surface area contributed by atoms with Gasteiger partial charge >= 0.3 is 0 Å². The van der Waals surface area contributed by atoms with Gasteiger partial charge in [0.25, 0.3) is 0 Å². The molecule has 2 atom stereocenters. The van der Waals surface area contributed by atoms with Gasteiger partial charge in [0, 0.05) is 0 Å². The van der Waals surface area contributed by atoms with Crippen molar-refractivity contribution in [3.63, 3.8) is 0 Å². The molecule has 0 aliphatic carbocycles. The Labute approximate surface area is 272 Å². The van der Waals surface area contributed by atoms with Crippen molar-refractivity contribution in [1.29, 1.82) is 0 Å². The van der Waals surface area contributed by atoms with Gasteiger partial charge in [-0.15, -0.1) is 0 Å². The van der Waals surface area contributed by atoms with Gasteiger partial charge in [-0.05, 0) is 12.8 Å². The van der Waals surface area contributed by atoms with Crippen molar-refractivity contribution in [2.75, 3.05) is 132 Å². The van der Waals surface area contributed by atoms with Crippen LogP contribution in [0.25, 0.3) is 0 Å². The van der Waals surface area contributed by atoms with E-state index >= 15 is 0 Å². The molecule has 45 heavy (non-hydrogen) atoms. The van der Waals surface area contributed by atoms with Gasteiger partial charge in [0.1, 0.15) is 6.10 Å². The second kappa shape index (κ2) is 36.4. The lowest BCUT2D eigenvalue weighted by atomic mass is 10.1. The summed E-state index contributed by atoms with van der Waals surface area (Å²) < 4.78 is 60.7. The smallest absolute Gasteiger partial charge is 0.158 e. The molecule has 12 nitrogen and oxygen atoms in total. The van der Waals surface area contributed by atoms with Gasteiger partial charge in [-0.25, -0.2) is 0 Å². The van der Waals surface area contributed by atoms with Gasteiger partial charge in [0.2, 0.25) is 0 Å². The van der Waals surface area contributed by atoms with Crippen LogP contribution in [0.1, 0.15) is 71.1 Å². The number of aliphatic hydroxyl groups is 1. The highest BCUT2D eigenvalue weighted by atomic mass is 16.7. The Morgan fingerprint density at radius 2 is 0.822 bits per heavy atom. The summed E-state index contributed by atoms with van der Waals surface area (Å²) in [6.07, 6.45) is 12.9. The number of aliphatic hydroxyl groups excluding tert-OH is 1. The molecule has 1 heterocycles. The number of hydrogen-bond acceptors (Lipinski definition) is 12. The molecule has 0 aromatic carbocycles. The van der Waals surface area contributed by atoms with E-state index < -0.39 is 0 Å². The molecule has 1 fully saturated rings. The van der Waals surface area contributed by atoms with Crippen LogP contribution >= 0.6 is 0 Å². The number of unbranched alkanes of at least 4 members (excludes halogenated alkanes) is 8. The lowest BCUT2D eigenvalue weighted by Crippen LogP contribution is -2.21. The van der Waals surface area contributed by atoms with Gasteiger partial charge in [-0.2, -0.15) is 0 Å². The van der Waals surface area contributed by atoms with E-state index in [-0.39, 0.29) is 19.0 Å². The highest BCUT2D eigenvalue weighted by Crippen LogP contribution is 2.18. The maximum absolute atomic E-state index is 8.58. The van der Waals surface area contributed by atoms with Gasteiger partial charge in [-0.3, -0.25) is 0 Å². The summed E-state index contributed by atoms with van der Waals surface area (Å²) in [6.45, 7) is 12.0. The Balaban J connectivity index is 1.68. The zero-order valence-corrected chi connectivity index (χ0v) is 28.3. The number of rotatable bonds is 38. The van der Waals surface area contributed by atoms with E-state index in [0.29, 0.717) is 126 Å². The largest absolute Gasteiger partial charge is 0.394 e. The molecule has 0 amide bonds. The van der Waals surface area contributed by atoms with Gasteiger partial charge < -0.3 is 57.2 Å². The quantitative estimate of drug-likeness (QED) is 0.0976. The van der Waals surface area contributed by atoms with Crippen molar-refractivity contribution in [3.8, 4) is 0 Å². The van der Waals surface area contributed by atoms with E-state index in [1.165, 1.54) is 57.8 Å². The summed E-state index contributed by atoms with van der Waals surface area (Å²) in [4.78, 5) is 0. The van der Waals surface area contributed by atoms with Gasteiger partial charge in [0.05, 0.1) is 132 Å². The summed E-state index contributed by atoms with van der Waals surface area (Å²) >= 11 is 0. The Morgan fingerprint density at radius 3 is 1.22 bits per heavy atom. The third-order valence-corrected chi connectivity index (χ3v) is 6.87. The second-order valence-electron chi connectivity index (χ2n) is 10.8. The molecule has 0 spiro atoms. The predicted octanol–water partition coefficient (Wildman–Crippen LogP) is 3.79. The first-order valence-electron chi connectivity index (χ1n) is 17.4. The SMILES string of the molecule is CCCCCCCCCCCC1OCC(COCCOCCOCCOCCOCCOCCOCCOCCOCCO)O1. The monoisotopic (exact) mass is 654 g/mol. The lowest BCUT2D eigenvalue weighted by molar-refractivity contribution is -0.0792. The fourth-order valence-electron chi connectivity index (χ4n) is 4.41. The standard InChI is InChI=1S/C33H66O12/c1-2-3-4-5-6-7-8-9-10-11-33-44-31-32(45-33)30-43-29-28-42-27-26-41-25-24-40-23-22-39-21-20-38-19-18-37-17-16-36-15-14-35-13-12-34/h32-34H,2-31H2,1H3. The fourth-order valence-corrected chi connectivity index (χ4v) is 4.41. The minimum atomic E-state index is -0.0717. The summed E-state index contributed by atoms with van der Waals surface area (Å²) in [6, 6.07) is 0. The predicted molar refractivity (Wildman–Crippen MR) is 171 cm³/mol. The van der Waals surface area contributed by atoms with Crippen molar-refractivity contribution in [2.45, 2.75) is 83.5 Å². The van der Waals surface area contributed by atoms with Crippen LogP contribution in [-0.2, 0) is 52.1 Å². The van der Waals surface area contributed by atoms with Gasteiger partial charge in [0.15, 0.2) is 6.29 Å². The molecule has 12 heteroatoms. The topological polar surface area (TPSA) is 122 Å². The third-order valence-electron chi connectivity index (χ3n) is 6.87. The number of ether oxygens (including phenoxy) is 11. The second-order valence-corrected chi connectivity index (χ2v) is 10.8. The summed E-state index contributed by atoms with van der Waals surface area (Å²) in [7, 11) is 0. The van der Waals surface area contributed by atoms with Crippen LogP contribution in [0.4, 0.5) is 0 Å². The molecular formula is C33H66O12. The van der Waals surface area contributed by atoms with Crippen molar-refractivity contribution >= 4 is 0 Å². The Kier molecular flexibility index (Phi) is 34.4. The normalized spacial score (nSPS) is 16.7. The van der Waals surface area contributed by atoms with E-state index in [0.717, 1.165) is 6.42 Å². The first-order valence-corrected chi connectivity index (χ1v) is 17.4. The van der Waals surface area contributed by atoms with Crippen molar-refractivity contribution in [2.24, 2.45) is 0 Å². The molecule has 1 aliphatic rings. The zero-order valence-electron chi connectivity index (χ0n) is 28.3. The van der Waals surface area contributed by atoms with E-state index in [9.17, 15) is 0 Å². The Bertz CT molecular complexity index is 560. The fraction of sp³-hybridized carbons (Fsp3) is 1.00. The van der Waals surface area contributed by atoms with Crippen LogP contribution in [-0.4, -0.2) is 150 Å².